The zero-order valence-electron chi connectivity index (χ0n) is 20.1. The molecule has 1 N–H and O–H groups in total. The molecule has 0 aromatic heterocycles. The van der Waals surface area contributed by atoms with Gasteiger partial charge in [0.25, 0.3) is 0 Å². The number of rotatable bonds is 11. The van der Waals surface area contributed by atoms with Gasteiger partial charge >= 0.3 is 0 Å². The summed E-state index contributed by atoms with van der Waals surface area (Å²) in [6.07, 6.45) is 1.85. The topological polar surface area (TPSA) is 86.8 Å². The molecule has 2 rings (SSSR count). The minimum absolute atomic E-state index is 0.00564. The molecule has 0 bridgehead atoms. The molecule has 0 saturated heterocycles. The summed E-state index contributed by atoms with van der Waals surface area (Å²) < 4.78 is 52.9. The van der Waals surface area contributed by atoms with Crippen molar-refractivity contribution >= 4 is 39.1 Å². The Balaban J connectivity index is 2.45. The number of halogens is 3. The lowest BCUT2D eigenvalue weighted by atomic mass is 10.1. The molecule has 192 valence electrons. The molecule has 0 aliphatic rings. The highest BCUT2D eigenvalue weighted by Gasteiger charge is 2.32. The van der Waals surface area contributed by atoms with Gasteiger partial charge in [-0.1, -0.05) is 37.6 Å². The van der Waals surface area contributed by atoms with Gasteiger partial charge in [0.1, 0.15) is 24.2 Å². The number of carbonyl (C=O) groups is 2. The molecule has 2 unspecified atom stereocenters. The van der Waals surface area contributed by atoms with Gasteiger partial charge in [-0.2, -0.15) is 0 Å². The van der Waals surface area contributed by atoms with Crippen molar-refractivity contribution in [2.75, 3.05) is 17.1 Å². The largest absolute Gasteiger partial charge is 0.352 e. The van der Waals surface area contributed by atoms with Gasteiger partial charge in [0.05, 0.1) is 17.0 Å². The van der Waals surface area contributed by atoms with Gasteiger partial charge in [-0.25, -0.2) is 17.2 Å². The lowest BCUT2D eigenvalue weighted by Gasteiger charge is -2.33. The summed E-state index contributed by atoms with van der Waals surface area (Å²) >= 11 is 5.83. The molecule has 0 radical (unpaired) electrons. The average Bonchev–Trinajstić information content (AvgIpc) is 2.79. The lowest BCUT2D eigenvalue weighted by molar-refractivity contribution is -0.140. The van der Waals surface area contributed by atoms with Crippen molar-refractivity contribution in [3.05, 3.63) is 64.7 Å². The van der Waals surface area contributed by atoms with Crippen LogP contribution in [-0.2, 0) is 26.2 Å². The van der Waals surface area contributed by atoms with Crippen molar-refractivity contribution in [2.45, 2.75) is 52.2 Å². The predicted octanol–water partition coefficient (Wildman–Crippen LogP) is 4.11. The number of amides is 2. The third-order valence-corrected chi connectivity index (χ3v) is 6.95. The highest BCUT2D eigenvalue weighted by Crippen LogP contribution is 2.25. The third kappa shape index (κ3) is 7.90. The molecule has 11 heteroatoms. The quantitative estimate of drug-likeness (QED) is 0.474. The van der Waals surface area contributed by atoms with Gasteiger partial charge in [0.2, 0.25) is 21.8 Å². The Labute approximate surface area is 210 Å². The van der Waals surface area contributed by atoms with Crippen LogP contribution in [-0.4, -0.2) is 50.0 Å². The predicted molar refractivity (Wildman–Crippen MR) is 133 cm³/mol. The molecule has 2 aromatic rings. The van der Waals surface area contributed by atoms with Gasteiger partial charge < -0.3 is 10.2 Å². The van der Waals surface area contributed by atoms with E-state index in [4.69, 9.17) is 11.6 Å². The van der Waals surface area contributed by atoms with E-state index in [2.05, 4.69) is 5.32 Å². The van der Waals surface area contributed by atoms with Crippen molar-refractivity contribution in [1.29, 1.82) is 0 Å². The Hall–Kier alpha value is -2.72. The monoisotopic (exact) mass is 529 g/mol. The molecule has 7 nitrogen and oxygen atoms in total. The Morgan fingerprint density at radius 2 is 1.69 bits per heavy atom. The number of nitrogens with one attached hydrogen (secondary N) is 1. The van der Waals surface area contributed by atoms with Gasteiger partial charge in [-0.05, 0) is 55.7 Å². The smallest absolute Gasteiger partial charge is 0.244 e. The Kier molecular flexibility index (Phi) is 10.0. The van der Waals surface area contributed by atoms with E-state index in [-0.39, 0.29) is 35.6 Å². The van der Waals surface area contributed by atoms with Gasteiger partial charge in [0, 0.05) is 12.6 Å². The van der Waals surface area contributed by atoms with E-state index in [1.165, 1.54) is 35.2 Å². The summed E-state index contributed by atoms with van der Waals surface area (Å²) in [7, 11) is -3.98. The van der Waals surface area contributed by atoms with E-state index >= 15 is 0 Å². The van der Waals surface area contributed by atoms with Crippen LogP contribution in [0.3, 0.4) is 0 Å². The van der Waals surface area contributed by atoms with Crippen LogP contribution >= 0.6 is 11.6 Å². The van der Waals surface area contributed by atoms with Crippen molar-refractivity contribution in [2.24, 2.45) is 0 Å². The molecule has 0 aliphatic carbocycles. The Bertz CT molecular complexity index is 1150. The SMILES string of the molecule is CCC(C)NC(=O)C(CC)N(Cc1ccc(F)cc1)C(=O)CN(c1ccc(F)c(Cl)c1)S(C)(=O)=O. The summed E-state index contributed by atoms with van der Waals surface area (Å²) in [4.78, 5) is 27.8. The molecule has 35 heavy (non-hydrogen) atoms. The van der Waals surface area contributed by atoms with Crippen LogP contribution in [0.4, 0.5) is 14.5 Å². The van der Waals surface area contributed by atoms with Crippen LogP contribution in [0.15, 0.2) is 42.5 Å². The van der Waals surface area contributed by atoms with Crippen LogP contribution in [0, 0.1) is 11.6 Å². The second-order valence-corrected chi connectivity index (χ2v) is 10.6. The molecule has 0 aliphatic heterocycles. The second kappa shape index (κ2) is 12.3. The summed E-state index contributed by atoms with van der Waals surface area (Å²) in [6, 6.07) is 7.74. The molecule has 2 atom stereocenters. The number of sulfonamides is 1. The zero-order chi connectivity index (χ0) is 26.3. The Morgan fingerprint density at radius 1 is 1.06 bits per heavy atom. The van der Waals surface area contributed by atoms with Crippen molar-refractivity contribution in [1.82, 2.24) is 10.2 Å². The highest BCUT2D eigenvalue weighted by molar-refractivity contribution is 7.92. The van der Waals surface area contributed by atoms with E-state index in [9.17, 15) is 26.8 Å². The second-order valence-electron chi connectivity index (χ2n) is 8.26. The number of anilines is 1. The van der Waals surface area contributed by atoms with Crippen LogP contribution in [0.25, 0.3) is 0 Å². The number of benzene rings is 2. The van der Waals surface area contributed by atoms with Crippen molar-refractivity contribution in [3.8, 4) is 0 Å². The molecule has 0 saturated carbocycles. The van der Waals surface area contributed by atoms with Crippen molar-refractivity contribution in [3.63, 3.8) is 0 Å². The molecular weight excluding hydrogens is 500 g/mol. The number of hydrogen-bond donors (Lipinski definition) is 1. The molecular formula is C24H30ClF2N3O4S. The minimum atomic E-state index is -3.98. The molecule has 0 fully saturated rings. The molecule has 2 amide bonds. The lowest BCUT2D eigenvalue weighted by Crippen LogP contribution is -2.53. The van der Waals surface area contributed by atoms with Crippen LogP contribution in [0.2, 0.25) is 5.02 Å². The number of hydrogen-bond acceptors (Lipinski definition) is 4. The van der Waals surface area contributed by atoms with E-state index < -0.39 is 40.2 Å². The Morgan fingerprint density at radius 3 is 2.20 bits per heavy atom. The normalized spacial score (nSPS) is 13.1. The molecule has 0 heterocycles. The number of nitrogens with zero attached hydrogens (tertiary/aromatic N) is 2. The highest BCUT2D eigenvalue weighted by atomic mass is 35.5. The third-order valence-electron chi connectivity index (χ3n) is 5.52. The average molecular weight is 530 g/mol. The first kappa shape index (κ1) is 28.5. The van der Waals surface area contributed by atoms with E-state index in [0.29, 0.717) is 12.0 Å². The fraction of sp³-hybridized carbons (Fsp3) is 0.417. The first-order chi connectivity index (χ1) is 16.4. The van der Waals surface area contributed by atoms with E-state index in [1.807, 2.05) is 13.8 Å². The summed E-state index contributed by atoms with van der Waals surface area (Å²) in [6.45, 7) is 4.79. The number of carbonyl (C=O) groups excluding carboxylic acids is 2. The van der Waals surface area contributed by atoms with Gasteiger partial charge in [0.15, 0.2) is 0 Å². The van der Waals surface area contributed by atoms with E-state index in [1.54, 1.807) is 6.92 Å². The standard InChI is InChI=1S/C24H30ClF2N3O4S/c1-5-16(3)28-24(32)22(6-2)29(14-17-7-9-18(26)10-8-17)23(31)15-30(35(4,33)34)19-11-12-21(27)20(25)13-19/h7-13,16,22H,5-6,14-15H2,1-4H3,(H,28,32). The fourth-order valence-electron chi connectivity index (χ4n) is 3.40. The van der Waals surface area contributed by atoms with E-state index in [0.717, 1.165) is 22.7 Å². The maximum absolute atomic E-state index is 13.6. The van der Waals surface area contributed by atoms with Gasteiger partial charge in [-0.3, -0.25) is 13.9 Å². The summed E-state index contributed by atoms with van der Waals surface area (Å²) in [5, 5.41) is 2.56. The van der Waals surface area contributed by atoms with Crippen molar-refractivity contribution < 1.29 is 26.8 Å². The molecule has 0 spiro atoms. The summed E-state index contributed by atoms with van der Waals surface area (Å²) in [5.74, 6) is -2.23. The van der Waals surface area contributed by atoms with Crippen LogP contribution in [0.5, 0.6) is 0 Å². The summed E-state index contributed by atoms with van der Waals surface area (Å²) in [5.41, 5.74) is 0.566. The van der Waals surface area contributed by atoms with Gasteiger partial charge in [-0.15, -0.1) is 0 Å². The first-order valence-electron chi connectivity index (χ1n) is 11.1. The zero-order valence-corrected chi connectivity index (χ0v) is 21.7. The minimum Gasteiger partial charge on any atom is -0.352 e. The molecule has 2 aromatic carbocycles. The fourth-order valence-corrected chi connectivity index (χ4v) is 4.42. The maximum Gasteiger partial charge on any atom is 0.244 e. The van der Waals surface area contributed by atoms with Crippen LogP contribution < -0.4 is 9.62 Å². The maximum atomic E-state index is 13.6. The van der Waals surface area contributed by atoms with Crippen LogP contribution in [0.1, 0.15) is 39.2 Å². The first-order valence-corrected chi connectivity index (χ1v) is 13.4.